The molecule has 3 aromatic rings. The van der Waals surface area contributed by atoms with Crippen LogP contribution in [-0.2, 0) is 24.2 Å². The van der Waals surface area contributed by atoms with Crippen LogP contribution >= 0.6 is 0 Å². The number of fused-ring (bicyclic) bond motifs is 1. The maximum absolute atomic E-state index is 13.8. The van der Waals surface area contributed by atoms with Crippen molar-refractivity contribution in [1.82, 2.24) is 14.5 Å². The van der Waals surface area contributed by atoms with E-state index in [0.717, 1.165) is 12.1 Å². The van der Waals surface area contributed by atoms with E-state index in [1.54, 1.807) is 0 Å². The number of carboxylic acid groups (broad SMARTS) is 1. The molecule has 0 saturated heterocycles. The molecule has 0 bridgehead atoms. The Morgan fingerprint density at radius 1 is 1.12 bits per heavy atom. The van der Waals surface area contributed by atoms with E-state index in [2.05, 4.69) is 9.97 Å². The van der Waals surface area contributed by atoms with Gasteiger partial charge >= 0.3 is 5.97 Å². The Kier molecular flexibility index (Phi) is 4.70. The number of pyridine rings is 1. The number of carbonyl (C=O) groups is 1. The minimum Gasteiger partial charge on any atom is -0.480 e. The van der Waals surface area contributed by atoms with Crippen LogP contribution in [0.1, 0.15) is 11.4 Å². The van der Waals surface area contributed by atoms with Gasteiger partial charge in [-0.2, -0.15) is 4.98 Å². The molecule has 0 amide bonds. The number of aromatic nitrogens is 3. The van der Waals surface area contributed by atoms with Crippen molar-refractivity contribution in [2.75, 3.05) is 0 Å². The molecule has 26 heavy (non-hydrogen) atoms. The average Bonchev–Trinajstić information content (AvgIpc) is 2.62. The highest BCUT2D eigenvalue weighted by atomic mass is 19.2. The first kappa shape index (κ1) is 17.6. The van der Waals surface area contributed by atoms with Gasteiger partial charge in [0.15, 0.2) is 17.5 Å². The number of carboxylic acids is 1. The maximum atomic E-state index is 13.8. The molecule has 0 aliphatic heterocycles. The Morgan fingerprint density at radius 3 is 2.62 bits per heavy atom. The van der Waals surface area contributed by atoms with Crippen LogP contribution in [0.15, 0.2) is 35.3 Å². The Hall–Kier alpha value is -3.23. The summed E-state index contributed by atoms with van der Waals surface area (Å²) in [6.07, 6.45) is 1.24. The third kappa shape index (κ3) is 3.28. The van der Waals surface area contributed by atoms with Gasteiger partial charge in [0.25, 0.3) is 5.56 Å². The normalized spacial score (nSPS) is 11.0. The fraction of sp³-hybridized carbons (Fsp3) is 0.176. The van der Waals surface area contributed by atoms with E-state index in [1.165, 1.54) is 22.9 Å². The summed E-state index contributed by atoms with van der Waals surface area (Å²) in [4.78, 5) is 31.2. The van der Waals surface area contributed by atoms with Gasteiger partial charge in [0.1, 0.15) is 18.0 Å². The van der Waals surface area contributed by atoms with Crippen molar-refractivity contribution in [1.29, 1.82) is 0 Å². The summed E-state index contributed by atoms with van der Waals surface area (Å²) in [6, 6.07) is 4.88. The van der Waals surface area contributed by atoms with Crippen molar-refractivity contribution < 1.29 is 23.1 Å². The lowest BCUT2D eigenvalue weighted by molar-refractivity contribution is -0.137. The van der Waals surface area contributed by atoms with Gasteiger partial charge in [-0.1, -0.05) is 6.07 Å². The van der Waals surface area contributed by atoms with E-state index in [4.69, 9.17) is 5.11 Å². The van der Waals surface area contributed by atoms with E-state index in [1.807, 2.05) is 0 Å². The fourth-order valence-corrected chi connectivity index (χ4v) is 2.64. The monoisotopic (exact) mass is 363 g/mol. The summed E-state index contributed by atoms with van der Waals surface area (Å²) in [5, 5.41) is 9.26. The molecule has 3 rings (SSSR count). The molecule has 2 heterocycles. The molecule has 0 aliphatic carbocycles. The van der Waals surface area contributed by atoms with Crippen molar-refractivity contribution >= 4 is 17.0 Å². The van der Waals surface area contributed by atoms with E-state index in [-0.39, 0.29) is 35.3 Å². The van der Waals surface area contributed by atoms with Crippen molar-refractivity contribution in [3.8, 4) is 0 Å². The van der Waals surface area contributed by atoms with Gasteiger partial charge in [-0.3, -0.25) is 9.59 Å². The first-order valence-electron chi connectivity index (χ1n) is 7.57. The molecule has 9 heteroatoms. The lowest BCUT2D eigenvalue weighted by atomic mass is 10.1. The van der Waals surface area contributed by atoms with Gasteiger partial charge < -0.3 is 9.67 Å². The topological polar surface area (TPSA) is 85.1 Å². The quantitative estimate of drug-likeness (QED) is 0.702. The molecule has 1 N–H and O–H groups in total. The molecule has 0 spiro atoms. The number of halogens is 3. The van der Waals surface area contributed by atoms with E-state index in [0.29, 0.717) is 0 Å². The van der Waals surface area contributed by atoms with Crippen molar-refractivity contribution in [3.63, 3.8) is 0 Å². The smallest absolute Gasteiger partial charge is 0.323 e. The minimum absolute atomic E-state index is 0.0585. The average molecular weight is 363 g/mol. The van der Waals surface area contributed by atoms with Crippen LogP contribution in [0.5, 0.6) is 0 Å². The number of aryl methyl sites for hydroxylation is 2. The third-order valence-corrected chi connectivity index (χ3v) is 3.84. The Bertz CT molecular complexity index is 1070. The standard InChI is InChI=1S/C17H12F3N3O3/c18-11-5-3-9(14(19)15(11)20)4-6-12-22-17(26)10-2-1-7-21-16(10)23(12)8-13(24)25/h1-3,5,7H,4,6,8H2,(H,24,25). The zero-order chi connectivity index (χ0) is 18.8. The molecule has 0 aliphatic rings. The third-order valence-electron chi connectivity index (χ3n) is 3.84. The van der Waals surface area contributed by atoms with E-state index < -0.39 is 35.5 Å². The predicted octanol–water partition coefficient (Wildman–Crippen LogP) is 2.08. The summed E-state index contributed by atoms with van der Waals surface area (Å²) in [6.45, 7) is -0.504. The van der Waals surface area contributed by atoms with Crippen LogP contribution < -0.4 is 5.56 Å². The first-order chi connectivity index (χ1) is 12.4. The van der Waals surface area contributed by atoms with Gasteiger partial charge in [0.2, 0.25) is 0 Å². The number of benzene rings is 1. The van der Waals surface area contributed by atoms with Crippen LogP contribution in [0.25, 0.3) is 11.0 Å². The molecule has 0 radical (unpaired) electrons. The Morgan fingerprint density at radius 2 is 1.88 bits per heavy atom. The molecule has 134 valence electrons. The highest BCUT2D eigenvalue weighted by Crippen LogP contribution is 2.17. The molecule has 0 saturated carbocycles. The van der Waals surface area contributed by atoms with Crippen molar-refractivity contribution in [3.05, 3.63) is 69.7 Å². The molecule has 2 aromatic heterocycles. The maximum Gasteiger partial charge on any atom is 0.323 e. The summed E-state index contributed by atoms with van der Waals surface area (Å²) in [5.74, 6) is -5.33. The number of rotatable bonds is 5. The van der Waals surface area contributed by atoms with Crippen LogP contribution in [0.4, 0.5) is 13.2 Å². The predicted molar refractivity (Wildman–Crippen MR) is 85.2 cm³/mol. The number of aliphatic carboxylic acids is 1. The first-order valence-corrected chi connectivity index (χ1v) is 7.57. The highest BCUT2D eigenvalue weighted by Gasteiger charge is 2.17. The Balaban J connectivity index is 2.03. The summed E-state index contributed by atoms with van der Waals surface area (Å²) < 4.78 is 41.4. The molecular formula is C17H12F3N3O3. The summed E-state index contributed by atoms with van der Waals surface area (Å²) >= 11 is 0. The van der Waals surface area contributed by atoms with Crippen molar-refractivity contribution in [2.45, 2.75) is 19.4 Å². The SMILES string of the molecule is O=C(O)Cn1c(CCc2ccc(F)c(F)c2F)nc(=O)c2cccnc21. The second kappa shape index (κ2) is 6.95. The van der Waals surface area contributed by atoms with E-state index >= 15 is 0 Å². The molecule has 6 nitrogen and oxygen atoms in total. The molecule has 0 atom stereocenters. The molecule has 0 fully saturated rings. The lowest BCUT2D eigenvalue weighted by Crippen LogP contribution is -2.23. The second-order valence-electron chi connectivity index (χ2n) is 5.52. The van der Waals surface area contributed by atoms with Gasteiger partial charge in [0, 0.05) is 12.6 Å². The van der Waals surface area contributed by atoms with Crippen LogP contribution in [-0.4, -0.2) is 25.6 Å². The molecule has 0 unspecified atom stereocenters. The minimum atomic E-state index is -1.58. The van der Waals surface area contributed by atoms with Crippen LogP contribution in [0.2, 0.25) is 0 Å². The van der Waals surface area contributed by atoms with Gasteiger partial charge in [-0.25, -0.2) is 18.2 Å². The Labute approximate surface area is 144 Å². The molecule has 1 aromatic carbocycles. The van der Waals surface area contributed by atoms with E-state index in [9.17, 15) is 22.8 Å². The van der Waals surface area contributed by atoms with Gasteiger partial charge in [0.05, 0.1) is 5.39 Å². The fourth-order valence-electron chi connectivity index (χ4n) is 2.64. The summed E-state index contributed by atoms with van der Waals surface area (Å²) in [5.41, 5.74) is -0.577. The van der Waals surface area contributed by atoms with Gasteiger partial charge in [-0.05, 0) is 30.2 Å². The summed E-state index contributed by atoms with van der Waals surface area (Å²) in [7, 11) is 0. The molecular weight excluding hydrogens is 351 g/mol. The largest absolute Gasteiger partial charge is 0.480 e. The van der Waals surface area contributed by atoms with Crippen LogP contribution in [0.3, 0.4) is 0 Å². The zero-order valence-electron chi connectivity index (χ0n) is 13.2. The second-order valence-corrected chi connectivity index (χ2v) is 5.52. The number of nitrogens with zero attached hydrogens (tertiary/aromatic N) is 3. The van der Waals surface area contributed by atoms with Crippen molar-refractivity contribution in [2.24, 2.45) is 0 Å². The highest BCUT2D eigenvalue weighted by molar-refractivity contribution is 5.76. The number of hydrogen-bond acceptors (Lipinski definition) is 4. The van der Waals surface area contributed by atoms with Crippen LogP contribution in [0, 0.1) is 17.5 Å². The number of hydrogen-bond donors (Lipinski definition) is 1. The lowest BCUT2D eigenvalue weighted by Gasteiger charge is -2.13. The zero-order valence-corrected chi connectivity index (χ0v) is 13.2. The van der Waals surface area contributed by atoms with Gasteiger partial charge in [-0.15, -0.1) is 0 Å².